The first-order valence-corrected chi connectivity index (χ1v) is 7.96. The normalized spacial score (nSPS) is 11.0. The van der Waals surface area contributed by atoms with Crippen LogP contribution in [0.3, 0.4) is 0 Å². The minimum absolute atomic E-state index is 0.597. The van der Waals surface area contributed by atoms with Crippen molar-refractivity contribution in [3.8, 4) is 0 Å². The molecule has 0 amide bonds. The molecule has 0 unspecified atom stereocenters. The third-order valence-electron chi connectivity index (χ3n) is 1.44. The van der Waals surface area contributed by atoms with E-state index < -0.39 is 58.0 Å². The Morgan fingerprint density at radius 3 is 0.905 bits per heavy atom. The average Bonchev–Trinajstić information content (AvgIpc) is 2.24. The van der Waals surface area contributed by atoms with Crippen LogP contribution in [0.2, 0.25) is 21.3 Å². The number of carbonyl (C=O) groups is 4. The Bertz CT molecular complexity index is 316. The first kappa shape index (κ1) is 21.6. The van der Waals surface area contributed by atoms with E-state index in [4.69, 9.17) is 31.9 Å². The van der Waals surface area contributed by atoms with Crippen molar-refractivity contribution < 1.29 is 52.4 Å². The summed E-state index contributed by atoms with van der Waals surface area (Å²) in [7, 11) is 0. The van der Waals surface area contributed by atoms with Crippen molar-refractivity contribution in [2.75, 3.05) is 13.1 Å². The van der Waals surface area contributed by atoms with E-state index in [1.165, 1.54) is 0 Å². The molecule has 10 nitrogen and oxygen atoms in total. The van der Waals surface area contributed by atoms with Gasteiger partial charge in [-0.15, -0.1) is 0 Å². The van der Waals surface area contributed by atoms with Crippen molar-refractivity contribution in [3.63, 3.8) is 0 Å². The SMILES string of the molecule is NCCN.O=C(O)[CH2][Cu]([CH2]C(=O)O)([CH2]C(=O)O)[CH2]C(=O)O. The summed E-state index contributed by atoms with van der Waals surface area (Å²) in [6.07, 6.45) is 0. The predicted octanol–water partition coefficient (Wildman–Crippen LogP) is -0.944. The Hall–Kier alpha value is -1.68. The van der Waals surface area contributed by atoms with Gasteiger partial charge in [0.2, 0.25) is 0 Å². The third-order valence-corrected chi connectivity index (χ3v) is 5.40. The van der Waals surface area contributed by atoms with Crippen LogP contribution in [0.4, 0.5) is 0 Å². The molecule has 8 N–H and O–H groups in total. The monoisotopic (exact) mass is 359 g/mol. The summed E-state index contributed by atoms with van der Waals surface area (Å²) >= 11 is -2.73. The summed E-state index contributed by atoms with van der Waals surface area (Å²) in [6, 6.07) is 0. The molecule has 0 atom stereocenters. The molecule has 0 aromatic rings. The van der Waals surface area contributed by atoms with Gasteiger partial charge in [0.15, 0.2) is 0 Å². The van der Waals surface area contributed by atoms with Crippen molar-refractivity contribution >= 4 is 23.9 Å². The summed E-state index contributed by atoms with van der Waals surface area (Å²) in [5.41, 5.74) is 9.81. The van der Waals surface area contributed by atoms with Crippen LogP contribution in [0, 0.1) is 0 Å². The second-order valence-electron chi connectivity index (χ2n) is 3.48. The number of hydrogen-bond donors (Lipinski definition) is 6. The summed E-state index contributed by atoms with van der Waals surface area (Å²) < 4.78 is 0. The van der Waals surface area contributed by atoms with E-state index in [1.807, 2.05) is 0 Å². The van der Waals surface area contributed by atoms with Crippen LogP contribution in [0.1, 0.15) is 0 Å². The molecule has 0 rings (SSSR count). The fourth-order valence-corrected chi connectivity index (χ4v) is 4.12. The molecule has 129 valence electrons. The van der Waals surface area contributed by atoms with E-state index in [9.17, 15) is 19.2 Å². The third kappa shape index (κ3) is 13.1. The minimum atomic E-state index is -2.73. The summed E-state index contributed by atoms with van der Waals surface area (Å²) in [6.45, 7) is 1.19. The van der Waals surface area contributed by atoms with Crippen LogP contribution >= 0.6 is 0 Å². The van der Waals surface area contributed by atoms with Crippen LogP contribution in [-0.4, -0.2) is 57.4 Å². The standard InChI is InChI=1S/C2H8N2.4C2H3O2.Cu/c3-1-2-4;4*1-2(3)4;/h1-4H2;4*1H2,(H,3,4);. The first-order valence-electron chi connectivity index (χ1n) is 5.29. The molecule has 21 heavy (non-hydrogen) atoms. The molecule has 0 bridgehead atoms. The van der Waals surface area contributed by atoms with E-state index >= 15 is 0 Å². The number of hydrogen-bond acceptors (Lipinski definition) is 6. The van der Waals surface area contributed by atoms with E-state index in [2.05, 4.69) is 0 Å². The summed E-state index contributed by atoms with van der Waals surface area (Å²) in [5.74, 6) is -5.61. The maximum atomic E-state index is 10.6. The molecule has 0 aliphatic heterocycles. The van der Waals surface area contributed by atoms with Crippen molar-refractivity contribution in [3.05, 3.63) is 0 Å². The van der Waals surface area contributed by atoms with E-state index in [-0.39, 0.29) is 0 Å². The molecule has 0 aliphatic carbocycles. The van der Waals surface area contributed by atoms with Crippen molar-refractivity contribution in [1.29, 1.82) is 0 Å². The molecule has 0 saturated heterocycles. The Kier molecular flexibility index (Phi) is 11.4. The number of carboxylic acids is 4. The Balaban J connectivity index is 0. The zero-order valence-electron chi connectivity index (χ0n) is 11.1. The molecule has 0 aliphatic rings. The van der Waals surface area contributed by atoms with Crippen LogP contribution in [0.25, 0.3) is 0 Å². The van der Waals surface area contributed by atoms with Crippen molar-refractivity contribution in [2.45, 2.75) is 21.3 Å². The summed E-state index contributed by atoms with van der Waals surface area (Å²) in [4.78, 5) is 42.4. The molecule has 0 radical (unpaired) electrons. The molecule has 0 aromatic carbocycles. The molecule has 0 spiro atoms. The van der Waals surface area contributed by atoms with E-state index in [1.54, 1.807) is 0 Å². The van der Waals surface area contributed by atoms with Gasteiger partial charge in [-0.1, -0.05) is 0 Å². The molecule has 11 heteroatoms. The fraction of sp³-hybridized carbons (Fsp3) is 0.600. The van der Waals surface area contributed by atoms with Crippen molar-refractivity contribution in [1.82, 2.24) is 0 Å². The van der Waals surface area contributed by atoms with E-state index in [0.717, 1.165) is 0 Å². The topological polar surface area (TPSA) is 201 Å². The van der Waals surface area contributed by atoms with Gasteiger partial charge in [0, 0.05) is 13.1 Å². The Morgan fingerprint density at radius 2 is 0.810 bits per heavy atom. The molecule has 0 saturated carbocycles. The van der Waals surface area contributed by atoms with Crippen LogP contribution in [0.5, 0.6) is 0 Å². The zero-order valence-corrected chi connectivity index (χ0v) is 12.1. The second kappa shape index (κ2) is 11.0. The molecule has 0 fully saturated rings. The zero-order chi connectivity index (χ0) is 17.1. The van der Waals surface area contributed by atoms with Gasteiger partial charge in [0.25, 0.3) is 0 Å². The fourth-order valence-electron chi connectivity index (χ4n) is 1.000. The number of rotatable bonds is 9. The second-order valence-corrected chi connectivity index (χ2v) is 7.64. The molecular formula is C10H20CuN2O8. The first-order chi connectivity index (χ1) is 9.58. The average molecular weight is 360 g/mol. The summed E-state index contributed by atoms with van der Waals surface area (Å²) in [5, 5.41) is 31.5. The van der Waals surface area contributed by atoms with Gasteiger partial charge in [-0.05, 0) is 0 Å². The molecule has 0 heterocycles. The molecule has 0 aromatic heterocycles. The molecular weight excluding hydrogens is 340 g/mol. The Morgan fingerprint density at radius 1 is 0.619 bits per heavy atom. The maximum absolute atomic E-state index is 10.6. The van der Waals surface area contributed by atoms with Gasteiger partial charge in [-0.3, -0.25) is 0 Å². The van der Waals surface area contributed by atoms with E-state index in [0.29, 0.717) is 13.1 Å². The number of nitrogens with two attached hydrogens (primary N) is 2. The van der Waals surface area contributed by atoms with Crippen molar-refractivity contribution in [2.24, 2.45) is 11.5 Å². The van der Waals surface area contributed by atoms with Gasteiger partial charge in [-0.25, -0.2) is 0 Å². The van der Waals surface area contributed by atoms with Gasteiger partial charge >= 0.3 is 97.6 Å². The Labute approximate surface area is 123 Å². The quantitative estimate of drug-likeness (QED) is 0.279. The van der Waals surface area contributed by atoms with Crippen LogP contribution in [0.15, 0.2) is 0 Å². The van der Waals surface area contributed by atoms with Crippen LogP contribution in [-0.2, 0) is 32.0 Å². The predicted molar refractivity (Wildman–Crippen MR) is 67.9 cm³/mol. The van der Waals surface area contributed by atoms with Gasteiger partial charge < -0.3 is 11.5 Å². The number of aliphatic carboxylic acids is 4. The van der Waals surface area contributed by atoms with Gasteiger partial charge in [-0.2, -0.15) is 0 Å². The van der Waals surface area contributed by atoms with Gasteiger partial charge in [0.05, 0.1) is 0 Å². The number of carboxylic acid groups (broad SMARTS) is 4. The van der Waals surface area contributed by atoms with Gasteiger partial charge in [0.1, 0.15) is 0 Å². The van der Waals surface area contributed by atoms with Crippen LogP contribution < -0.4 is 11.5 Å².